The Labute approximate surface area is 197 Å². The molecule has 0 atom stereocenters. The molecular formula is C27H25N3O2S. The van der Waals surface area contributed by atoms with E-state index in [1.165, 1.54) is 0 Å². The molecule has 0 unspecified atom stereocenters. The van der Waals surface area contributed by atoms with Crippen molar-refractivity contribution in [2.24, 2.45) is 10.7 Å². The third kappa shape index (κ3) is 6.79. The molecule has 166 valence electrons. The van der Waals surface area contributed by atoms with Crippen LogP contribution in [-0.4, -0.2) is 11.8 Å². The van der Waals surface area contributed by atoms with E-state index in [1.54, 1.807) is 23.5 Å². The molecule has 6 heteroatoms. The van der Waals surface area contributed by atoms with Crippen molar-refractivity contribution >= 4 is 40.2 Å². The van der Waals surface area contributed by atoms with Gasteiger partial charge >= 0.3 is 5.97 Å². The van der Waals surface area contributed by atoms with Gasteiger partial charge in [-0.3, -0.25) is 4.79 Å². The summed E-state index contributed by atoms with van der Waals surface area (Å²) in [6.45, 7) is 0. The van der Waals surface area contributed by atoms with E-state index in [9.17, 15) is 4.79 Å². The number of ether oxygens (including phenoxy) is 1. The normalized spacial score (nSPS) is 11.2. The standard InChI is InChI=1S/C27H25N3O2S/c28-27(25-9-5-19-33-25)30-23-13-11-20(12-14-23)6-4-10-26(31)32-24-17-15-22(16-18-24)29-21-7-2-1-3-8-21/h1-3,5,7-9,11-19,29H,4,6,10H2,(H2,28,30). The van der Waals surface area contributed by atoms with Crippen molar-refractivity contribution in [3.63, 3.8) is 0 Å². The molecule has 3 N–H and O–H groups in total. The Bertz CT molecular complexity index is 1190. The number of nitrogens with one attached hydrogen (secondary N) is 1. The number of carbonyl (C=O) groups excluding carboxylic acids is 1. The number of nitrogens with zero attached hydrogens (tertiary/aromatic N) is 1. The van der Waals surface area contributed by atoms with Crippen LogP contribution in [0.4, 0.5) is 17.1 Å². The molecule has 0 saturated carbocycles. The fourth-order valence-electron chi connectivity index (χ4n) is 3.27. The Morgan fingerprint density at radius 3 is 2.30 bits per heavy atom. The largest absolute Gasteiger partial charge is 0.427 e. The van der Waals surface area contributed by atoms with Crippen LogP contribution in [0.25, 0.3) is 0 Å². The molecular weight excluding hydrogens is 430 g/mol. The molecule has 0 aliphatic rings. The van der Waals surface area contributed by atoms with Gasteiger partial charge in [-0.25, -0.2) is 4.99 Å². The first kappa shape index (κ1) is 22.3. The van der Waals surface area contributed by atoms with Crippen molar-refractivity contribution in [1.29, 1.82) is 0 Å². The molecule has 0 amide bonds. The molecule has 5 nitrogen and oxygen atoms in total. The van der Waals surface area contributed by atoms with Gasteiger partial charge in [-0.1, -0.05) is 36.4 Å². The summed E-state index contributed by atoms with van der Waals surface area (Å²) in [4.78, 5) is 17.6. The van der Waals surface area contributed by atoms with Crippen LogP contribution in [0.15, 0.2) is 101 Å². The maximum atomic E-state index is 12.2. The molecule has 0 radical (unpaired) electrons. The third-order valence-corrected chi connectivity index (χ3v) is 5.85. The smallest absolute Gasteiger partial charge is 0.311 e. The highest BCUT2D eigenvalue weighted by atomic mass is 32.1. The van der Waals surface area contributed by atoms with Crippen molar-refractivity contribution in [3.05, 3.63) is 107 Å². The summed E-state index contributed by atoms with van der Waals surface area (Å²) >= 11 is 1.57. The zero-order valence-corrected chi connectivity index (χ0v) is 18.9. The molecule has 0 aliphatic heterocycles. The summed E-state index contributed by atoms with van der Waals surface area (Å²) in [6.07, 6.45) is 1.86. The number of benzene rings is 3. The second kappa shape index (κ2) is 11.1. The number of esters is 1. The fraction of sp³-hybridized carbons (Fsp3) is 0.111. The zero-order chi connectivity index (χ0) is 22.9. The van der Waals surface area contributed by atoms with E-state index in [-0.39, 0.29) is 5.97 Å². The summed E-state index contributed by atoms with van der Waals surface area (Å²) in [7, 11) is 0. The van der Waals surface area contributed by atoms with Crippen LogP contribution in [0.3, 0.4) is 0 Å². The molecule has 0 spiro atoms. The lowest BCUT2D eigenvalue weighted by Crippen LogP contribution is -2.10. The minimum absolute atomic E-state index is 0.233. The minimum Gasteiger partial charge on any atom is -0.427 e. The molecule has 4 aromatic rings. The Balaban J connectivity index is 1.21. The molecule has 1 heterocycles. The van der Waals surface area contributed by atoms with E-state index in [0.29, 0.717) is 24.4 Å². The molecule has 0 aliphatic carbocycles. The summed E-state index contributed by atoms with van der Waals surface area (Å²) in [5, 5.41) is 5.28. The predicted molar refractivity (Wildman–Crippen MR) is 136 cm³/mol. The highest BCUT2D eigenvalue weighted by Gasteiger charge is 2.06. The lowest BCUT2D eigenvalue weighted by atomic mass is 10.1. The second-order valence-corrected chi connectivity index (χ2v) is 8.43. The molecule has 33 heavy (non-hydrogen) atoms. The van der Waals surface area contributed by atoms with Gasteiger partial charge in [0.25, 0.3) is 0 Å². The lowest BCUT2D eigenvalue weighted by Gasteiger charge is -2.08. The van der Waals surface area contributed by atoms with Crippen molar-refractivity contribution < 1.29 is 9.53 Å². The maximum Gasteiger partial charge on any atom is 0.311 e. The molecule has 4 rings (SSSR count). The SMILES string of the molecule is N/C(=N\c1ccc(CCCC(=O)Oc2ccc(Nc3ccccc3)cc2)cc1)c1cccs1. The first-order valence-electron chi connectivity index (χ1n) is 10.8. The van der Waals surface area contributed by atoms with Crippen molar-refractivity contribution in [2.45, 2.75) is 19.3 Å². The van der Waals surface area contributed by atoms with E-state index in [4.69, 9.17) is 10.5 Å². The van der Waals surface area contributed by atoms with E-state index in [2.05, 4.69) is 10.3 Å². The molecule has 0 bridgehead atoms. The number of carbonyl (C=O) groups is 1. The van der Waals surface area contributed by atoms with Gasteiger partial charge in [0.1, 0.15) is 11.6 Å². The second-order valence-electron chi connectivity index (χ2n) is 7.48. The Hall–Kier alpha value is -3.90. The first-order chi connectivity index (χ1) is 16.2. The highest BCUT2D eigenvalue weighted by Crippen LogP contribution is 2.21. The number of nitrogens with two attached hydrogens (primary N) is 1. The Morgan fingerprint density at radius 2 is 1.61 bits per heavy atom. The van der Waals surface area contributed by atoms with Gasteiger partial charge in [0.2, 0.25) is 0 Å². The zero-order valence-electron chi connectivity index (χ0n) is 18.1. The van der Waals surface area contributed by atoms with E-state index in [1.807, 2.05) is 84.2 Å². The van der Waals surface area contributed by atoms with Gasteiger partial charge in [0.15, 0.2) is 0 Å². The van der Waals surface area contributed by atoms with Crippen LogP contribution in [0.1, 0.15) is 23.3 Å². The van der Waals surface area contributed by atoms with Crippen molar-refractivity contribution in [1.82, 2.24) is 0 Å². The van der Waals surface area contributed by atoms with Gasteiger partial charge < -0.3 is 15.8 Å². The number of hydrogen-bond acceptors (Lipinski definition) is 5. The van der Waals surface area contributed by atoms with Crippen LogP contribution >= 0.6 is 11.3 Å². The number of thiophene rings is 1. The van der Waals surface area contributed by atoms with Gasteiger partial charge in [-0.05, 0) is 78.4 Å². The van der Waals surface area contributed by atoms with Crippen molar-refractivity contribution in [2.75, 3.05) is 5.32 Å². The summed E-state index contributed by atoms with van der Waals surface area (Å²) < 4.78 is 5.46. The number of aliphatic imine (C=N–C) groups is 1. The lowest BCUT2D eigenvalue weighted by molar-refractivity contribution is -0.134. The van der Waals surface area contributed by atoms with Gasteiger partial charge in [-0.2, -0.15) is 0 Å². The molecule has 3 aromatic carbocycles. The highest BCUT2D eigenvalue weighted by molar-refractivity contribution is 7.12. The fourth-order valence-corrected chi connectivity index (χ4v) is 3.90. The first-order valence-corrected chi connectivity index (χ1v) is 11.6. The predicted octanol–water partition coefficient (Wildman–Crippen LogP) is 6.46. The van der Waals surface area contributed by atoms with Gasteiger partial charge in [-0.15, -0.1) is 11.3 Å². The quantitative estimate of drug-likeness (QED) is 0.131. The number of anilines is 2. The monoisotopic (exact) mass is 455 g/mol. The van der Waals surface area contributed by atoms with Gasteiger partial charge in [0, 0.05) is 17.8 Å². The van der Waals surface area contributed by atoms with E-state index >= 15 is 0 Å². The van der Waals surface area contributed by atoms with Gasteiger partial charge in [0.05, 0.1) is 10.6 Å². The number of hydrogen-bond donors (Lipinski definition) is 2. The van der Waals surface area contributed by atoms with E-state index < -0.39 is 0 Å². The Kier molecular flexibility index (Phi) is 7.51. The van der Waals surface area contributed by atoms with E-state index in [0.717, 1.165) is 33.9 Å². The van der Waals surface area contributed by atoms with Crippen LogP contribution in [-0.2, 0) is 11.2 Å². The minimum atomic E-state index is -0.233. The topological polar surface area (TPSA) is 76.7 Å². The number of amidine groups is 1. The average molecular weight is 456 g/mol. The summed E-state index contributed by atoms with van der Waals surface area (Å²) in [5.41, 5.74) is 9.94. The summed E-state index contributed by atoms with van der Waals surface area (Å²) in [5.74, 6) is 0.831. The summed E-state index contributed by atoms with van der Waals surface area (Å²) in [6, 6.07) is 29.1. The van der Waals surface area contributed by atoms with Crippen molar-refractivity contribution in [3.8, 4) is 5.75 Å². The van der Waals surface area contributed by atoms with Crippen LogP contribution in [0.2, 0.25) is 0 Å². The van der Waals surface area contributed by atoms with Crippen LogP contribution in [0, 0.1) is 0 Å². The number of para-hydroxylation sites is 1. The Morgan fingerprint density at radius 1 is 0.879 bits per heavy atom. The maximum absolute atomic E-state index is 12.2. The molecule has 1 aromatic heterocycles. The average Bonchev–Trinajstić information content (AvgIpc) is 3.38. The van der Waals surface area contributed by atoms with Crippen LogP contribution < -0.4 is 15.8 Å². The molecule has 0 saturated heterocycles. The molecule has 0 fully saturated rings. The van der Waals surface area contributed by atoms with Crippen LogP contribution in [0.5, 0.6) is 5.75 Å². The number of aryl methyl sites for hydroxylation is 1. The number of rotatable bonds is 9. The third-order valence-electron chi connectivity index (χ3n) is 4.95.